The van der Waals surface area contributed by atoms with Crippen LogP contribution < -0.4 is 5.73 Å². The van der Waals surface area contributed by atoms with Gasteiger partial charge in [-0.3, -0.25) is 4.79 Å². The lowest BCUT2D eigenvalue weighted by molar-refractivity contribution is -0.145. The van der Waals surface area contributed by atoms with Crippen LogP contribution in [0.15, 0.2) is 0 Å². The van der Waals surface area contributed by atoms with E-state index in [4.69, 9.17) is 10.8 Å². The quantitative estimate of drug-likeness (QED) is 0.706. The smallest absolute Gasteiger partial charge is 0.389 e. The molecule has 0 amide bonds. The fourth-order valence-electron chi connectivity index (χ4n) is 1.14. The maximum atomic E-state index is 11.7. The molecule has 3 nitrogen and oxygen atoms in total. The molecule has 1 unspecified atom stereocenters. The number of alkyl halides is 3. The molecule has 0 spiro atoms. The minimum atomic E-state index is -4.20. The van der Waals surface area contributed by atoms with Gasteiger partial charge in [-0.05, 0) is 25.8 Å². The van der Waals surface area contributed by atoms with Gasteiger partial charge in [-0.15, -0.1) is 0 Å². The van der Waals surface area contributed by atoms with E-state index in [0.29, 0.717) is 0 Å². The SMILES string of the molecule is NCCC(CCCC(F)(F)F)C(=O)O. The molecule has 84 valence electrons. The van der Waals surface area contributed by atoms with Crippen LogP contribution in [0.1, 0.15) is 25.7 Å². The second-order valence-electron chi connectivity index (χ2n) is 3.12. The van der Waals surface area contributed by atoms with Gasteiger partial charge >= 0.3 is 12.1 Å². The second-order valence-corrected chi connectivity index (χ2v) is 3.12. The van der Waals surface area contributed by atoms with Crippen LogP contribution in [-0.4, -0.2) is 23.8 Å². The van der Waals surface area contributed by atoms with E-state index in [1.165, 1.54) is 0 Å². The van der Waals surface area contributed by atoms with Gasteiger partial charge in [0, 0.05) is 6.42 Å². The maximum Gasteiger partial charge on any atom is 0.389 e. The first-order valence-corrected chi connectivity index (χ1v) is 4.36. The van der Waals surface area contributed by atoms with E-state index < -0.39 is 24.5 Å². The zero-order valence-corrected chi connectivity index (χ0v) is 7.68. The number of hydrogen-bond acceptors (Lipinski definition) is 2. The summed E-state index contributed by atoms with van der Waals surface area (Å²) in [7, 11) is 0. The fourth-order valence-corrected chi connectivity index (χ4v) is 1.14. The van der Waals surface area contributed by atoms with E-state index in [1.807, 2.05) is 0 Å². The minimum absolute atomic E-state index is 0.0338. The van der Waals surface area contributed by atoms with Crippen LogP contribution in [0.25, 0.3) is 0 Å². The van der Waals surface area contributed by atoms with Gasteiger partial charge in [0.25, 0.3) is 0 Å². The van der Waals surface area contributed by atoms with Gasteiger partial charge in [0.05, 0.1) is 5.92 Å². The first-order chi connectivity index (χ1) is 6.37. The highest BCUT2D eigenvalue weighted by molar-refractivity contribution is 5.69. The summed E-state index contributed by atoms with van der Waals surface area (Å²) in [6, 6.07) is 0. The van der Waals surface area contributed by atoms with E-state index in [9.17, 15) is 18.0 Å². The third kappa shape index (κ3) is 6.71. The Morgan fingerprint density at radius 2 is 1.93 bits per heavy atom. The van der Waals surface area contributed by atoms with E-state index in [1.54, 1.807) is 0 Å². The lowest BCUT2D eigenvalue weighted by atomic mass is 9.98. The summed E-state index contributed by atoms with van der Waals surface area (Å²) >= 11 is 0. The largest absolute Gasteiger partial charge is 0.481 e. The highest BCUT2D eigenvalue weighted by atomic mass is 19.4. The molecule has 6 heteroatoms. The van der Waals surface area contributed by atoms with E-state index >= 15 is 0 Å². The summed E-state index contributed by atoms with van der Waals surface area (Å²) in [4.78, 5) is 10.5. The molecule has 0 aromatic heterocycles. The average molecular weight is 213 g/mol. The predicted octanol–water partition coefficient (Wildman–Crippen LogP) is 1.77. The monoisotopic (exact) mass is 213 g/mol. The number of halogens is 3. The van der Waals surface area contributed by atoms with E-state index in [-0.39, 0.29) is 25.8 Å². The molecule has 0 saturated heterocycles. The number of hydrogen-bond donors (Lipinski definition) is 2. The Bertz CT molecular complexity index is 182. The third-order valence-electron chi connectivity index (χ3n) is 1.88. The molecule has 0 radical (unpaired) electrons. The van der Waals surface area contributed by atoms with Crippen molar-refractivity contribution in [1.82, 2.24) is 0 Å². The zero-order chi connectivity index (χ0) is 11.2. The number of carboxylic acids is 1. The molecule has 0 fully saturated rings. The summed E-state index contributed by atoms with van der Waals surface area (Å²) in [5.41, 5.74) is 5.14. The van der Waals surface area contributed by atoms with Crippen LogP contribution in [0, 0.1) is 5.92 Å². The minimum Gasteiger partial charge on any atom is -0.481 e. The van der Waals surface area contributed by atoms with Crippen molar-refractivity contribution in [2.45, 2.75) is 31.9 Å². The Balaban J connectivity index is 3.77. The maximum absolute atomic E-state index is 11.7. The summed E-state index contributed by atoms with van der Waals surface area (Å²) in [5, 5.41) is 8.60. The molecule has 0 aliphatic heterocycles. The first kappa shape index (κ1) is 13.2. The third-order valence-corrected chi connectivity index (χ3v) is 1.88. The van der Waals surface area contributed by atoms with Crippen molar-refractivity contribution in [3.8, 4) is 0 Å². The van der Waals surface area contributed by atoms with Crippen LogP contribution in [0.3, 0.4) is 0 Å². The van der Waals surface area contributed by atoms with Gasteiger partial charge in [-0.2, -0.15) is 13.2 Å². The fraction of sp³-hybridized carbons (Fsp3) is 0.875. The van der Waals surface area contributed by atoms with Crippen molar-refractivity contribution in [3.05, 3.63) is 0 Å². The highest BCUT2D eigenvalue weighted by Crippen LogP contribution is 2.24. The second kappa shape index (κ2) is 5.85. The molecule has 0 aliphatic rings. The van der Waals surface area contributed by atoms with E-state index in [0.717, 1.165) is 0 Å². The number of carboxylic acid groups (broad SMARTS) is 1. The van der Waals surface area contributed by atoms with Crippen LogP contribution >= 0.6 is 0 Å². The molecular weight excluding hydrogens is 199 g/mol. The number of carbonyl (C=O) groups is 1. The normalized spacial score (nSPS) is 14.0. The van der Waals surface area contributed by atoms with Crippen LogP contribution in [0.2, 0.25) is 0 Å². The predicted molar refractivity (Wildman–Crippen MR) is 44.7 cm³/mol. The van der Waals surface area contributed by atoms with Gasteiger partial charge in [0.1, 0.15) is 0 Å². The number of nitrogens with two attached hydrogens (primary N) is 1. The number of aliphatic carboxylic acids is 1. The summed E-state index contributed by atoms with van der Waals surface area (Å²) in [6.45, 7) is 0.184. The first-order valence-electron chi connectivity index (χ1n) is 4.36. The molecule has 14 heavy (non-hydrogen) atoms. The molecule has 0 aromatic carbocycles. The van der Waals surface area contributed by atoms with Gasteiger partial charge < -0.3 is 10.8 Å². The van der Waals surface area contributed by atoms with Gasteiger partial charge in [-0.25, -0.2) is 0 Å². The van der Waals surface area contributed by atoms with Crippen molar-refractivity contribution in [2.24, 2.45) is 11.7 Å². The summed E-state index contributed by atoms with van der Waals surface area (Å²) in [5.74, 6) is -1.82. The Morgan fingerprint density at radius 3 is 2.29 bits per heavy atom. The molecule has 0 aromatic rings. The Kier molecular flexibility index (Phi) is 5.52. The lowest BCUT2D eigenvalue weighted by Crippen LogP contribution is -2.18. The standard InChI is InChI=1S/C8H14F3NO2/c9-8(10,11)4-1-2-6(3-5-12)7(13)14/h6H,1-5,12H2,(H,13,14). The van der Waals surface area contributed by atoms with Crippen LogP contribution in [-0.2, 0) is 4.79 Å². The van der Waals surface area contributed by atoms with Gasteiger partial charge in [0.2, 0.25) is 0 Å². The highest BCUT2D eigenvalue weighted by Gasteiger charge is 2.27. The molecule has 0 rings (SSSR count). The van der Waals surface area contributed by atoms with Crippen LogP contribution in [0.5, 0.6) is 0 Å². The Morgan fingerprint density at radius 1 is 1.36 bits per heavy atom. The Hall–Kier alpha value is -0.780. The molecule has 1 atom stereocenters. The molecule has 0 saturated carbocycles. The van der Waals surface area contributed by atoms with Crippen molar-refractivity contribution < 1.29 is 23.1 Å². The molecule has 0 heterocycles. The van der Waals surface area contributed by atoms with Crippen LogP contribution in [0.4, 0.5) is 13.2 Å². The van der Waals surface area contributed by atoms with Crippen molar-refractivity contribution >= 4 is 5.97 Å². The topological polar surface area (TPSA) is 63.3 Å². The van der Waals surface area contributed by atoms with Crippen molar-refractivity contribution in [3.63, 3.8) is 0 Å². The summed E-state index contributed by atoms with van der Waals surface area (Å²) in [6.07, 6.45) is -5.02. The lowest BCUT2D eigenvalue weighted by Gasteiger charge is -2.11. The average Bonchev–Trinajstić information content (AvgIpc) is 2.00. The molecule has 0 bridgehead atoms. The van der Waals surface area contributed by atoms with Gasteiger partial charge in [0.15, 0.2) is 0 Å². The van der Waals surface area contributed by atoms with Crippen molar-refractivity contribution in [2.75, 3.05) is 6.54 Å². The van der Waals surface area contributed by atoms with Gasteiger partial charge in [-0.1, -0.05) is 0 Å². The molecular formula is C8H14F3NO2. The zero-order valence-electron chi connectivity index (χ0n) is 7.68. The van der Waals surface area contributed by atoms with E-state index in [2.05, 4.69) is 0 Å². The Labute approximate surface area is 80.1 Å². The molecule has 0 aliphatic carbocycles. The summed E-state index contributed by atoms with van der Waals surface area (Å²) < 4.78 is 35.2. The van der Waals surface area contributed by atoms with Crippen molar-refractivity contribution in [1.29, 1.82) is 0 Å². The molecule has 3 N–H and O–H groups in total. The number of rotatable bonds is 6.